The van der Waals surface area contributed by atoms with Crippen LogP contribution in [0.25, 0.3) is 22.3 Å². The Bertz CT molecular complexity index is 1110. The van der Waals surface area contributed by atoms with Crippen LogP contribution in [-0.2, 0) is 6.42 Å². The predicted molar refractivity (Wildman–Crippen MR) is 118 cm³/mol. The van der Waals surface area contributed by atoms with Gasteiger partial charge in [0.05, 0.1) is 11.7 Å². The fourth-order valence-corrected chi connectivity index (χ4v) is 4.96. The van der Waals surface area contributed by atoms with Crippen molar-refractivity contribution in [3.05, 3.63) is 42.5 Å². The normalized spacial score (nSPS) is 18.1. The van der Waals surface area contributed by atoms with E-state index in [1.54, 1.807) is 17.3 Å². The maximum Gasteiger partial charge on any atom is 0.407 e. The maximum atomic E-state index is 11.4. The average molecular weight is 419 g/mol. The van der Waals surface area contributed by atoms with E-state index >= 15 is 0 Å². The lowest BCUT2D eigenvalue weighted by Gasteiger charge is -2.40. The topological polar surface area (TPSA) is 95.3 Å². The van der Waals surface area contributed by atoms with Gasteiger partial charge in [0.1, 0.15) is 5.82 Å². The molecule has 0 saturated carbocycles. The largest absolute Gasteiger partial charge is 0.465 e. The molecule has 5 heterocycles. The Labute approximate surface area is 181 Å². The van der Waals surface area contributed by atoms with Crippen LogP contribution in [0.1, 0.15) is 31.7 Å². The highest BCUT2D eigenvalue weighted by Crippen LogP contribution is 2.42. The number of carbonyl (C=O) groups is 1. The summed E-state index contributed by atoms with van der Waals surface area (Å²) in [7, 11) is 0. The van der Waals surface area contributed by atoms with Crippen LogP contribution in [-0.4, -0.2) is 62.2 Å². The summed E-state index contributed by atoms with van der Waals surface area (Å²) in [6.07, 6.45) is 10.2. The van der Waals surface area contributed by atoms with Gasteiger partial charge in [-0.25, -0.2) is 14.8 Å². The molecule has 0 unspecified atom stereocenters. The molecule has 0 aromatic carbocycles. The minimum atomic E-state index is -0.803. The second-order valence-corrected chi connectivity index (χ2v) is 8.59. The standard InChI is InChI=1S/C23H26N6O2/c1-2-16-13-25-14-18-19(16)21(27-20(26-18)17-3-8-24-9-4-17)28-10-5-23(6-11-28)7-12-29(15-23)22(30)31/h3-4,8-9,13-14H,2,5-7,10-12,15H2,1H3,(H,30,31). The molecular weight excluding hydrogens is 392 g/mol. The van der Waals surface area contributed by atoms with Crippen molar-refractivity contribution in [2.75, 3.05) is 31.1 Å². The maximum absolute atomic E-state index is 11.4. The van der Waals surface area contributed by atoms with E-state index in [0.717, 1.165) is 66.6 Å². The fraction of sp³-hybridized carbons (Fsp3) is 0.435. The Balaban J connectivity index is 1.51. The van der Waals surface area contributed by atoms with Crippen LogP contribution in [0.4, 0.5) is 10.6 Å². The molecule has 1 spiro atoms. The van der Waals surface area contributed by atoms with Crippen LogP contribution in [0.2, 0.25) is 0 Å². The van der Waals surface area contributed by atoms with Gasteiger partial charge >= 0.3 is 6.09 Å². The van der Waals surface area contributed by atoms with Crippen molar-refractivity contribution >= 4 is 22.8 Å². The summed E-state index contributed by atoms with van der Waals surface area (Å²) in [5.74, 6) is 1.64. The van der Waals surface area contributed by atoms with Gasteiger partial charge in [0.25, 0.3) is 0 Å². The zero-order valence-corrected chi connectivity index (χ0v) is 17.7. The number of amides is 1. The lowest BCUT2D eigenvalue weighted by Crippen LogP contribution is -2.42. The van der Waals surface area contributed by atoms with Crippen molar-refractivity contribution in [3.8, 4) is 11.4 Å². The highest BCUT2D eigenvalue weighted by Gasteiger charge is 2.42. The number of hydrogen-bond donors (Lipinski definition) is 1. The molecule has 8 nitrogen and oxygen atoms in total. The first-order valence-electron chi connectivity index (χ1n) is 10.9. The first-order chi connectivity index (χ1) is 15.1. The van der Waals surface area contributed by atoms with Crippen LogP contribution >= 0.6 is 0 Å². The number of likely N-dealkylation sites (tertiary alicyclic amines) is 1. The van der Waals surface area contributed by atoms with E-state index in [1.165, 1.54) is 0 Å². The molecule has 5 rings (SSSR count). The molecule has 1 amide bonds. The third-order valence-corrected chi connectivity index (χ3v) is 6.82. The van der Waals surface area contributed by atoms with Gasteiger partial charge in [-0.05, 0) is 48.8 Å². The summed E-state index contributed by atoms with van der Waals surface area (Å²) < 4.78 is 0. The minimum Gasteiger partial charge on any atom is -0.465 e. The van der Waals surface area contributed by atoms with Crippen molar-refractivity contribution in [2.24, 2.45) is 5.41 Å². The number of fused-ring (bicyclic) bond motifs is 1. The summed E-state index contributed by atoms with van der Waals surface area (Å²) >= 11 is 0. The van der Waals surface area contributed by atoms with Gasteiger partial charge in [0, 0.05) is 55.7 Å². The molecule has 160 valence electrons. The van der Waals surface area contributed by atoms with Crippen LogP contribution < -0.4 is 4.90 Å². The Hall–Kier alpha value is -3.29. The second-order valence-electron chi connectivity index (χ2n) is 8.59. The Morgan fingerprint density at radius 1 is 1.06 bits per heavy atom. The number of aryl methyl sites for hydroxylation is 1. The highest BCUT2D eigenvalue weighted by atomic mass is 16.4. The van der Waals surface area contributed by atoms with Gasteiger partial charge in [-0.2, -0.15) is 0 Å². The van der Waals surface area contributed by atoms with Gasteiger partial charge in [-0.15, -0.1) is 0 Å². The average Bonchev–Trinajstić information content (AvgIpc) is 3.23. The van der Waals surface area contributed by atoms with Crippen LogP contribution in [0, 0.1) is 5.41 Å². The first kappa shape index (κ1) is 19.7. The number of piperidine rings is 1. The Morgan fingerprint density at radius 3 is 2.48 bits per heavy atom. The SMILES string of the molecule is CCc1cncc2nc(-c3ccncc3)nc(N3CCC4(CCN(C(=O)O)C4)CC3)c12. The molecule has 0 radical (unpaired) electrons. The molecule has 2 saturated heterocycles. The summed E-state index contributed by atoms with van der Waals surface area (Å²) in [6.45, 7) is 5.14. The van der Waals surface area contributed by atoms with Crippen molar-refractivity contribution in [1.82, 2.24) is 24.8 Å². The van der Waals surface area contributed by atoms with E-state index in [9.17, 15) is 9.90 Å². The molecule has 3 aromatic rings. The van der Waals surface area contributed by atoms with Crippen LogP contribution in [0.3, 0.4) is 0 Å². The number of nitrogens with zero attached hydrogens (tertiary/aromatic N) is 6. The molecular formula is C23H26N6O2. The summed E-state index contributed by atoms with van der Waals surface area (Å²) in [5, 5.41) is 10.4. The van der Waals surface area contributed by atoms with Crippen LogP contribution in [0.15, 0.2) is 36.9 Å². The number of hydrogen-bond acceptors (Lipinski definition) is 6. The quantitative estimate of drug-likeness (QED) is 0.694. The lowest BCUT2D eigenvalue weighted by molar-refractivity contribution is 0.144. The Kier molecular flexibility index (Phi) is 4.92. The third-order valence-electron chi connectivity index (χ3n) is 6.82. The van der Waals surface area contributed by atoms with Crippen molar-refractivity contribution in [3.63, 3.8) is 0 Å². The molecule has 2 aliphatic heterocycles. The van der Waals surface area contributed by atoms with Gasteiger partial charge in [-0.1, -0.05) is 6.92 Å². The van der Waals surface area contributed by atoms with E-state index in [-0.39, 0.29) is 5.41 Å². The monoisotopic (exact) mass is 418 g/mol. The van der Waals surface area contributed by atoms with E-state index < -0.39 is 6.09 Å². The van der Waals surface area contributed by atoms with E-state index in [0.29, 0.717) is 18.9 Å². The fourth-order valence-electron chi connectivity index (χ4n) is 4.96. The molecule has 0 atom stereocenters. The van der Waals surface area contributed by atoms with E-state index in [2.05, 4.69) is 21.8 Å². The van der Waals surface area contributed by atoms with Gasteiger partial charge in [-0.3, -0.25) is 9.97 Å². The minimum absolute atomic E-state index is 0.0980. The number of pyridine rings is 2. The molecule has 2 fully saturated rings. The second kappa shape index (κ2) is 7.76. The van der Waals surface area contributed by atoms with Gasteiger partial charge in [0.15, 0.2) is 5.82 Å². The van der Waals surface area contributed by atoms with Gasteiger partial charge < -0.3 is 14.9 Å². The molecule has 0 aliphatic carbocycles. The number of carboxylic acid groups (broad SMARTS) is 1. The van der Waals surface area contributed by atoms with Crippen LogP contribution in [0.5, 0.6) is 0 Å². The number of aromatic nitrogens is 4. The first-order valence-corrected chi connectivity index (χ1v) is 10.9. The third kappa shape index (κ3) is 3.56. The number of anilines is 1. The molecule has 8 heteroatoms. The zero-order valence-electron chi connectivity index (χ0n) is 17.7. The summed E-state index contributed by atoms with van der Waals surface area (Å²) in [4.78, 5) is 33.6. The molecule has 2 aliphatic rings. The molecule has 31 heavy (non-hydrogen) atoms. The van der Waals surface area contributed by atoms with E-state index in [1.807, 2.05) is 24.5 Å². The predicted octanol–water partition coefficient (Wildman–Crippen LogP) is 3.62. The molecule has 1 N–H and O–H groups in total. The lowest BCUT2D eigenvalue weighted by atomic mass is 9.77. The molecule has 0 bridgehead atoms. The summed E-state index contributed by atoms with van der Waals surface area (Å²) in [5.41, 5.74) is 3.03. The van der Waals surface area contributed by atoms with E-state index in [4.69, 9.17) is 9.97 Å². The Morgan fingerprint density at radius 2 is 1.81 bits per heavy atom. The van der Waals surface area contributed by atoms with Gasteiger partial charge in [0.2, 0.25) is 0 Å². The zero-order chi connectivity index (χ0) is 21.4. The number of rotatable bonds is 3. The van der Waals surface area contributed by atoms with Crippen molar-refractivity contribution in [2.45, 2.75) is 32.6 Å². The highest BCUT2D eigenvalue weighted by molar-refractivity contribution is 5.93. The summed E-state index contributed by atoms with van der Waals surface area (Å²) in [6, 6.07) is 3.85. The molecule has 3 aromatic heterocycles. The van der Waals surface area contributed by atoms with Crippen molar-refractivity contribution < 1.29 is 9.90 Å². The smallest absolute Gasteiger partial charge is 0.407 e. The van der Waals surface area contributed by atoms with Crippen molar-refractivity contribution in [1.29, 1.82) is 0 Å².